The van der Waals surface area contributed by atoms with Gasteiger partial charge >= 0.3 is 5.97 Å². The lowest BCUT2D eigenvalue weighted by atomic mass is 9.90. The van der Waals surface area contributed by atoms with Crippen molar-refractivity contribution in [1.82, 2.24) is 0 Å². The highest BCUT2D eigenvalue weighted by molar-refractivity contribution is 7.99. The van der Waals surface area contributed by atoms with E-state index in [1.54, 1.807) is 0 Å². The highest BCUT2D eigenvalue weighted by Gasteiger charge is 2.35. The molecule has 0 amide bonds. The molecule has 2 unspecified atom stereocenters. The Balaban J connectivity index is 1.78. The number of para-hydroxylation sites is 1. The second-order valence-electron chi connectivity index (χ2n) is 6.04. The highest BCUT2D eigenvalue weighted by atomic mass is 32.2. The lowest BCUT2D eigenvalue weighted by molar-refractivity contribution is -0.137. The molecule has 1 saturated carbocycles. The quantitative estimate of drug-likeness (QED) is 0.865. The Morgan fingerprint density at radius 2 is 2.14 bits per heavy atom. The minimum absolute atomic E-state index is 0.106. The summed E-state index contributed by atoms with van der Waals surface area (Å²) in [7, 11) is 0. The van der Waals surface area contributed by atoms with Gasteiger partial charge in [-0.25, -0.2) is 0 Å². The fourth-order valence-electron chi connectivity index (χ4n) is 3.10. The van der Waals surface area contributed by atoms with Crippen LogP contribution in [0, 0.1) is 5.92 Å². The Morgan fingerprint density at radius 1 is 1.33 bits per heavy atom. The maximum absolute atomic E-state index is 11.2. The molecule has 1 saturated heterocycles. The van der Waals surface area contributed by atoms with E-state index in [1.807, 2.05) is 30.0 Å². The molecule has 0 bridgehead atoms. The van der Waals surface area contributed by atoms with E-state index >= 15 is 0 Å². The van der Waals surface area contributed by atoms with Gasteiger partial charge in [-0.05, 0) is 49.0 Å². The Bertz CT molecular complexity index is 493. The number of aliphatic carboxylic acids is 1. The van der Waals surface area contributed by atoms with Crippen molar-refractivity contribution in [2.75, 3.05) is 11.5 Å². The van der Waals surface area contributed by atoms with Crippen molar-refractivity contribution < 1.29 is 14.6 Å². The Morgan fingerprint density at radius 3 is 2.81 bits per heavy atom. The lowest BCUT2D eigenvalue weighted by Gasteiger charge is -2.26. The number of rotatable bonds is 6. The summed E-state index contributed by atoms with van der Waals surface area (Å²) in [6.45, 7) is 0. The van der Waals surface area contributed by atoms with Crippen LogP contribution in [0.25, 0.3) is 0 Å². The summed E-state index contributed by atoms with van der Waals surface area (Å²) in [5, 5.41) is 9.19. The lowest BCUT2D eigenvalue weighted by Crippen LogP contribution is -2.24. The molecule has 3 nitrogen and oxygen atoms in total. The molecule has 2 atom stereocenters. The number of carboxylic acid groups (broad SMARTS) is 1. The van der Waals surface area contributed by atoms with Crippen LogP contribution in [0.15, 0.2) is 24.3 Å². The summed E-state index contributed by atoms with van der Waals surface area (Å²) in [6, 6.07) is 8.04. The van der Waals surface area contributed by atoms with E-state index < -0.39 is 5.97 Å². The molecule has 1 aliphatic heterocycles. The second kappa shape index (κ2) is 6.73. The Kier molecular flexibility index (Phi) is 4.73. The van der Waals surface area contributed by atoms with E-state index in [1.165, 1.54) is 12.2 Å². The molecular formula is C17H22O3S. The fourth-order valence-corrected chi connectivity index (χ4v) is 4.13. The van der Waals surface area contributed by atoms with Gasteiger partial charge in [0.05, 0.1) is 6.42 Å². The van der Waals surface area contributed by atoms with Crippen molar-refractivity contribution in [2.24, 2.45) is 5.92 Å². The standard InChI is InChI=1S/C17H22O3S/c18-17(19)10-15(12-7-8-12)14-5-1-2-6-16(14)20-13-4-3-9-21-11-13/h1-2,5-6,12-13,15H,3-4,7-11H2,(H,18,19). The fraction of sp³-hybridized carbons (Fsp3) is 0.588. The van der Waals surface area contributed by atoms with Gasteiger partial charge in [0.15, 0.2) is 0 Å². The number of hydrogen-bond acceptors (Lipinski definition) is 3. The average Bonchev–Trinajstić information content (AvgIpc) is 3.31. The van der Waals surface area contributed by atoms with E-state index in [-0.39, 0.29) is 18.4 Å². The molecule has 0 radical (unpaired) electrons. The van der Waals surface area contributed by atoms with Crippen LogP contribution in [0.2, 0.25) is 0 Å². The van der Waals surface area contributed by atoms with Crippen LogP contribution in [0.1, 0.15) is 43.6 Å². The van der Waals surface area contributed by atoms with Gasteiger partial charge in [-0.15, -0.1) is 0 Å². The molecule has 2 aliphatic rings. The average molecular weight is 306 g/mol. The third-order valence-corrected chi connectivity index (χ3v) is 5.50. The first-order valence-corrected chi connectivity index (χ1v) is 8.94. The van der Waals surface area contributed by atoms with Gasteiger partial charge in [0.1, 0.15) is 11.9 Å². The first-order valence-electron chi connectivity index (χ1n) is 7.79. The number of hydrogen-bond donors (Lipinski definition) is 1. The van der Waals surface area contributed by atoms with E-state index in [0.29, 0.717) is 5.92 Å². The third-order valence-electron chi connectivity index (χ3n) is 4.32. The zero-order chi connectivity index (χ0) is 14.7. The summed E-state index contributed by atoms with van der Waals surface area (Å²) < 4.78 is 6.21. The van der Waals surface area contributed by atoms with Gasteiger partial charge in [-0.1, -0.05) is 18.2 Å². The van der Waals surface area contributed by atoms with E-state index in [2.05, 4.69) is 6.07 Å². The molecule has 0 spiro atoms. The predicted molar refractivity (Wildman–Crippen MR) is 85.1 cm³/mol. The van der Waals surface area contributed by atoms with Crippen molar-refractivity contribution in [1.29, 1.82) is 0 Å². The van der Waals surface area contributed by atoms with Gasteiger partial charge in [0.2, 0.25) is 0 Å². The smallest absolute Gasteiger partial charge is 0.303 e. The number of carbonyl (C=O) groups is 1. The Labute approximate surface area is 130 Å². The maximum Gasteiger partial charge on any atom is 0.303 e. The molecule has 1 aliphatic carbocycles. The van der Waals surface area contributed by atoms with Crippen molar-refractivity contribution in [2.45, 2.75) is 44.1 Å². The molecule has 0 aromatic heterocycles. The SMILES string of the molecule is O=C(O)CC(c1ccccc1OC1CCCSC1)C1CC1. The summed E-state index contributed by atoms with van der Waals surface area (Å²) in [5.74, 6) is 3.09. The van der Waals surface area contributed by atoms with Gasteiger partial charge < -0.3 is 9.84 Å². The molecule has 1 heterocycles. The van der Waals surface area contributed by atoms with Gasteiger partial charge in [-0.3, -0.25) is 4.79 Å². The number of thioether (sulfide) groups is 1. The number of benzene rings is 1. The highest BCUT2D eigenvalue weighted by Crippen LogP contribution is 2.47. The molecule has 114 valence electrons. The third kappa shape index (κ3) is 3.94. The summed E-state index contributed by atoms with van der Waals surface area (Å²) in [5.41, 5.74) is 1.10. The van der Waals surface area contributed by atoms with Gasteiger partial charge in [-0.2, -0.15) is 11.8 Å². The van der Waals surface area contributed by atoms with Gasteiger partial charge in [0, 0.05) is 11.7 Å². The van der Waals surface area contributed by atoms with E-state index in [4.69, 9.17) is 4.74 Å². The first-order chi connectivity index (χ1) is 10.2. The molecule has 21 heavy (non-hydrogen) atoms. The molecule has 1 N–H and O–H groups in total. The van der Waals surface area contributed by atoms with Crippen LogP contribution in [-0.2, 0) is 4.79 Å². The second-order valence-corrected chi connectivity index (χ2v) is 7.19. The zero-order valence-corrected chi connectivity index (χ0v) is 13.0. The minimum Gasteiger partial charge on any atom is -0.489 e. The van der Waals surface area contributed by atoms with Crippen molar-refractivity contribution in [3.05, 3.63) is 29.8 Å². The summed E-state index contributed by atoms with van der Waals surface area (Å²) in [6.07, 6.45) is 5.09. The molecule has 2 fully saturated rings. The van der Waals surface area contributed by atoms with Crippen LogP contribution >= 0.6 is 11.8 Å². The molecule has 3 rings (SSSR count). The van der Waals surface area contributed by atoms with Gasteiger partial charge in [0.25, 0.3) is 0 Å². The monoisotopic (exact) mass is 306 g/mol. The van der Waals surface area contributed by atoms with Crippen LogP contribution in [0.4, 0.5) is 0 Å². The molecule has 1 aromatic carbocycles. The largest absolute Gasteiger partial charge is 0.489 e. The van der Waals surface area contributed by atoms with Crippen LogP contribution in [0.3, 0.4) is 0 Å². The summed E-state index contributed by atoms with van der Waals surface area (Å²) in [4.78, 5) is 11.2. The molecular weight excluding hydrogens is 284 g/mol. The van der Waals surface area contributed by atoms with Crippen LogP contribution in [-0.4, -0.2) is 28.7 Å². The van der Waals surface area contributed by atoms with Crippen molar-refractivity contribution in [3.63, 3.8) is 0 Å². The minimum atomic E-state index is -0.713. The maximum atomic E-state index is 11.2. The topological polar surface area (TPSA) is 46.5 Å². The van der Waals surface area contributed by atoms with Crippen molar-refractivity contribution >= 4 is 17.7 Å². The predicted octanol–water partition coefficient (Wildman–Crippen LogP) is 3.93. The number of ether oxygens (including phenoxy) is 1. The van der Waals surface area contributed by atoms with E-state index in [9.17, 15) is 9.90 Å². The zero-order valence-electron chi connectivity index (χ0n) is 12.2. The summed E-state index contributed by atoms with van der Waals surface area (Å²) >= 11 is 1.95. The first kappa shape index (κ1) is 14.8. The Hall–Kier alpha value is -1.16. The van der Waals surface area contributed by atoms with E-state index in [0.717, 1.165) is 36.3 Å². The number of carboxylic acids is 1. The van der Waals surface area contributed by atoms with Crippen LogP contribution in [0.5, 0.6) is 5.75 Å². The normalized spacial score (nSPS) is 23.5. The molecule has 1 aromatic rings. The molecule has 4 heteroatoms. The van der Waals surface area contributed by atoms with Crippen LogP contribution < -0.4 is 4.74 Å². The van der Waals surface area contributed by atoms with Crippen molar-refractivity contribution in [3.8, 4) is 5.75 Å².